The molecule has 0 radical (unpaired) electrons. The van der Waals surface area contributed by atoms with E-state index < -0.39 is 0 Å². The number of nitrogens with one attached hydrogen (secondary N) is 1. The van der Waals surface area contributed by atoms with Gasteiger partial charge in [-0.15, -0.1) is 0 Å². The van der Waals surface area contributed by atoms with Gasteiger partial charge in [0.25, 0.3) is 5.91 Å². The van der Waals surface area contributed by atoms with Crippen LogP contribution in [-0.2, 0) is 6.61 Å². The average Bonchev–Trinajstić information content (AvgIpc) is 2.69. The van der Waals surface area contributed by atoms with Crippen LogP contribution in [0.2, 0.25) is 5.02 Å². The van der Waals surface area contributed by atoms with E-state index in [0.717, 1.165) is 21.3 Å². The van der Waals surface area contributed by atoms with Crippen LogP contribution in [-0.4, -0.2) is 12.1 Å². The number of hydrogen-bond donors (Lipinski definition) is 1. The lowest BCUT2D eigenvalue weighted by molar-refractivity contribution is 0.0955. The summed E-state index contributed by atoms with van der Waals surface area (Å²) in [5, 5.41) is 4.55. The number of nitrogens with zero attached hydrogens (tertiary/aromatic N) is 1. The van der Waals surface area contributed by atoms with Gasteiger partial charge in [0.05, 0.1) is 6.21 Å². The van der Waals surface area contributed by atoms with Gasteiger partial charge in [0, 0.05) is 15.1 Å². The van der Waals surface area contributed by atoms with E-state index in [4.69, 9.17) is 16.3 Å². The number of hydrogen-bond acceptors (Lipinski definition) is 3. The van der Waals surface area contributed by atoms with Crippen molar-refractivity contribution in [1.29, 1.82) is 0 Å². The number of carbonyl (C=O) groups excluding carboxylic acids is 1. The van der Waals surface area contributed by atoms with E-state index in [0.29, 0.717) is 17.2 Å². The molecule has 3 aromatic rings. The summed E-state index contributed by atoms with van der Waals surface area (Å²) in [7, 11) is 0. The second-order valence-electron chi connectivity index (χ2n) is 5.69. The molecule has 3 aromatic carbocycles. The Labute approximate surface area is 171 Å². The second-order valence-corrected chi connectivity index (χ2v) is 7.04. The SMILES string of the molecule is O=C(N/N=C\c1ccc(OCc2ccc(Br)cc2)cc1)c1ccc(Cl)cc1. The van der Waals surface area contributed by atoms with Crippen molar-refractivity contribution in [2.45, 2.75) is 6.61 Å². The Bertz CT molecular complexity index is 924. The van der Waals surface area contributed by atoms with Gasteiger partial charge >= 0.3 is 0 Å². The van der Waals surface area contributed by atoms with Crippen LogP contribution in [0.15, 0.2) is 82.4 Å². The van der Waals surface area contributed by atoms with Gasteiger partial charge in [0.2, 0.25) is 0 Å². The molecule has 0 aliphatic carbocycles. The molecule has 0 aliphatic rings. The third-order valence-corrected chi connectivity index (χ3v) is 4.47. The predicted molar refractivity (Wildman–Crippen MR) is 111 cm³/mol. The molecule has 0 aliphatic heterocycles. The monoisotopic (exact) mass is 442 g/mol. The molecule has 1 N–H and O–H groups in total. The maximum Gasteiger partial charge on any atom is 0.271 e. The zero-order valence-electron chi connectivity index (χ0n) is 14.2. The molecular weight excluding hydrogens is 428 g/mol. The van der Waals surface area contributed by atoms with E-state index in [9.17, 15) is 4.79 Å². The van der Waals surface area contributed by atoms with Crippen LogP contribution in [0.3, 0.4) is 0 Å². The molecule has 0 spiro atoms. The van der Waals surface area contributed by atoms with Crippen molar-refractivity contribution in [2.75, 3.05) is 0 Å². The molecule has 0 fully saturated rings. The van der Waals surface area contributed by atoms with Gasteiger partial charge in [0.1, 0.15) is 12.4 Å². The molecular formula is C21H16BrClN2O2. The summed E-state index contributed by atoms with van der Waals surface area (Å²) in [6.07, 6.45) is 1.58. The van der Waals surface area contributed by atoms with Crippen molar-refractivity contribution in [3.63, 3.8) is 0 Å². The summed E-state index contributed by atoms with van der Waals surface area (Å²) < 4.78 is 6.80. The first-order chi connectivity index (χ1) is 13.1. The van der Waals surface area contributed by atoms with Crippen LogP contribution in [0.1, 0.15) is 21.5 Å². The Kier molecular flexibility index (Phi) is 6.63. The van der Waals surface area contributed by atoms with Gasteiger partial charge in [-0.3, -0.25) is 4.79 Å². The lowest BCUT2D eigenvalue weighted by Crippen LogP contribution is -2.17. The fourth-order valence-corrected chi connectivity index (χ4v) is 2.62. The lowest BCUT2D eigenvalue weighted by atomic mass is 10.2. The lowest BCUT2D eigenvalue weighted by Gasteiger charge is -2.06. The quantitative estimate of drug-likeness (QED) is 0.407. The van der Waals surface area contributed by atoms with Gasteiger partial charge in [-0.25, -0.2) is 5.43 Å². The van der Waals surface area contributed by atoms with E-state index in [1.54, 1.807) is 30.5 Å². The van der Waals surface area contributed by atoms with Crippen LogP contribution < -0.4 is 10.2 Å². The van der Waals surface area contributed by atoms with Crippen LogP contribution >= 0.6 is 27.5 Å². The van der Waals surface area contributed by atoms with Crippen LogP contribution in [0.5, 0.6) is 5.75 Å². The Morgan fingerprint density at radius 2 is 1.67 bits per heavy atom. The van der Waals surface area contributed by atoms with E-state index in [2.05, 4.69) is 26.5 Å². The number of hydrazone groups is 1. The molecule has 4 nitrogen and oxygen atoms in total. The standard InChI is InChI=1S/C21H16BrClN2O2/c22-18-7-1-16(2-8-18)14-27-20-11-3-15(4-12-20)13-24-25-21(26)17-5-9-19(23)10-6-17/h1-13H,14H2,(H,25,26)/b24-13-. The Morgan fingerprint density at radius 1 is 1.00 bits per heavy atom. The molecule has 27 heavy (non-hydrogen) atoms. The van der Waals surface area contributed by atoms with E-state index in [-0.39, 0.29) is 5.91 Å². The summed E-state index contributed by atoms with van der Waals surface area (Å²) in [4.78, 5) is 12.0. The molecule has 0 saturated carbocycles. The van der Waals surface area contributed by atoms with E-state index in [1.807, 2.05) is 48.5 Å². The maximum absolute atomic E-state index is 12.0. The van der Waals surface area contributed by atoms with Gasteiger partial charge < -0.3 is 4.74 Å². The number of amides is 1. The van der Waals surface area contributed by atoms with Crippen LogP contribution in [0.4, 0.5) is 0 Å². The topological polar surface area (TPSA) is 50.7 Å². The largest absolute Gasteiger partial charge is 0.489 e. The normalized spacial score (nSPS) is 10.7. The molecule has 6 heteroatoms. The van der Waals surface area contributed by atoms with Crippen molar-refractivity contribution in [1.82, 2.24) is 5.43 Å². The summed E-state index contributed by atoms with van der Waals surface area (Å²) in [6.45, 7) is 0.498. The average molecular weight is 444 g/mol. The number of rotatable bonds is 6. The minimum Gasteiger partial charge on any atom is -0.489 e. The first-order valence-electron chi connectivity index (χ1n) is 8.16. The number of halogens is 2. The molecule has 1 amide bonds. The third kappa shape index (κ3) is 5.94. The molecule has 0 atom stereocenters. The number of carbonyl (C=O) groups is 1. The Hall–Kier alpha value is -2.63. The number of benzene rings is 3. The van der Waals surface area contributed by atoms with Crippen molar-refractivity contribution in [2.24, 2.45) is 5.10 Å². The van der Waals surface area contributed by atoms with Crippen molar-refractivity contribution in [3.05, 3.63) is 99.0 Å². The Balaban J connectivity index is 1.50. The summed E-state index contributed by atoms with van der Waals surface area (Å²) in [6, 6.07) is 22.1. The highest BCUT2D eigenvalue weighted by molar-refractivity contribution is 9.10. The second kappa shape index (κ2) is 9.35. The molecule has 0 aromatic heterocycles. The molecule has 3 rings (SSSR count). The Morgan fingerprint density at radius 3 is 2.33 bits per heavy atom. The zero-order chi connectivity index (χ0) is 19.1. The fraction of sp³-hybridized carbons (Fsp3) is 0.0476. The van der Waals surface area contributed by atoms with Crippen LogP contribution in [0, 0.1) is 0 Å². The molecule has 0 heterocycles. The summed E-state index contributed by atoms with van der Waals surface area (Å²) >= 11 is 9.21. The van der Waals surface area contributed by atoms with E-state index in [1.165, 1.54) is 0 Å². The smallest absolute Gasteiger partial charge is 0.271 e. The number of ether oxygens (including phenoxy) is 1. The van der Waals surface area contributed by atoms with Crippen molar-refractivity contribution in [3.8, 4) is 5.75 Å². The first-order valence-corrected chi connectivity index (χ1v) is 9.33. The van der Waals surface area contributed by atoms with Crippen molar-refractivity contribution >= 4 is 39.7 Å². The summed E-state index contributed by atoms with van der Waals surface area (Å²) in [5.41, 5.74) is 4.92. The van der Waals surface area contributed by atoms with Gasteiger partial charge in [-0.1, -0.05) is 39.7 Å². The zero-order valence-corrected chi connectivity index (χ0v) is 16.6. The first kappa shape index (κ1) is 19.1. The molecule has 136 valence electrons. The van der Waals surface area contributed by atoms with Crippen molar-refractivity contribution < 1.29 is 9.53 Å². The van der Waals surface area contributed by atoms with E-state index >= 15 is 0 Å². The minimum absolute atomic E-state index is 0.294. The van der Waals surface area contributed by atoms with Crippen LogP contribution in [0.25, 0.3) is 0 Å². The highest BCUT2D eigenvalue weighted by atomic mass is 79.9. The van der Waals surface area contributed by atoms with Gasteiger partial charge in [0.15, 0.2) is 0 Å². The maximum atomic E-state index is 12.0. The van der Waals surface area contributed by atoms with Gasteiger partial charge in [-0.2, -0.15) is 5.10 Å². The summed E-state index contributed by atoms with van der Waals surface area (Å²) in [5.74, 6) is 0.470. The molecule has 0 unspecified atom stereocenters. The highest BCUT2D eigenvalue weighted by Crippen LogP contribution is 2.15. The molecule has 0 saturated heterocycles. The highest BCUT2D eigenvalue weighted by Gasteiger charge is 2.03. The molecule has 0 bridgehead atoms. The minimum atomic E-state index is -0.294. The predicted octanol–water partition coefficient (Wildman–Crippen LogP) is 5.45. The van der Waals surface area contributed by atoms with Gasteiger partial charge in [-0.05, 0) is 71.8 Å². The fourth-order valence-electron chi connectivity index (χ4n) is 2.23. The third-order valence-electron chi connectivity index (χ3n) is 3.68.